The van der Waals surface area contributed by atoms with Crippen LogP contribution < -0.4 is 10.6 Å². The van der Waals surface area contributed by atoms with Gasteiger partial charge in [-0.3, -0.25) is 0 Å². The minimum Gasteiger partial charge on any atom is -0.0770 e. The van der Waals surface area contributed by atoms with Gasteiger partial charge < -0.3 is 0 Å². The Morgan fingerprint density at radius 3 is 1.42 bits per heavy atom. The van der Waals surface area contributed by atoms with Crippen LogP contribution in [-0.2, 0) is 0 Å². The van der Waals surface area contributed by atoms with Gasteiger partial charge in [-0.1, -0.05) is 89.9 Å². The number of rotatable bonds is 4. The summed E-state index contributed by atoms with van der Waals surface area (Å²) in [4.78, 5) is 0. The van der Waals surface area contributed by atoms with Crippen molar-refractivity contribution in [3.63, 3.8) is 0 Å². The normalized spacial score (nSPS) is 15.4. The van der Waals surface area contributed by atoms with E-state index < -0.39 is 7.92 Å². The lowest BCUT2D eigenvalue weighted by molar-refractivity contribution is 0.798. The lowest BCUT2D eigenvalue weighted by Gasteiger charge is -2.30. The van der Waals surface area contributed by atoms with Crippen molar-refractivity contribution in [2.75, 3.05) is 0 Å². The molecule has 0 N–H and O–H groups in total. The second kappa shape index (κ2) is 7.08. The molecule has 1 aliphatic carbocycles. The number of benzene rings is 2. The van der Waals surface area contributed by atoms with Gasteiger partial charge in [-0.25, -0.2) is 0 Å². The minimum atomic E-state index is -0.390. The molecule has 0 spiro atoms. The first-order valence-electron chi connectivity index (χ1n) is 8.75. The summed E-state index contributed by atoms with van der Waals surface area (Å²) in [5.41, 5.74) is 6.06. The SMILES string of the molecule is Cc1cc(C)cc(P(c2cc(C)cc(C)c2)C(C)C2C=CC=C2)c1. The summed E-state index contributed by atoms with van der Waals surface area (Å²) >= 11 is 0. The van der Waals surface area contributed by atoms with Crippen LogP contribution in [0.5, 0.6) is 0 Å². The molecule has 0 fully saturated rings. The highest BCUT2D eigenvalue weighted by Gasteiger charge is 2.27. The summed E-state index contributed by atoms with van der Waals surface area (Å²) in [5.74, 6) is 0.540. The number of hydrogen-bond acceptors (Lipinski definition) is 0. The molecular formula is C23H27P. The average molecular weight is 334 g/mol. The van der Waals surface area contributed by atoms with Crippen molar-refractivity contribution in [2.45, 2.75) is 40.3 Å². The van der Waals surface area contributed by atoms with Crippen molar-refractivity contribution in [1.29, 1.82) is 0 Å². The van der Waals surface area contributed by atoms with Crippen LogP contribution in [-0.4, -0.2) is 5.66 Å². The topological polar surface area (TPSA) is 0 Å². The van der Waals surface area contributed by atoms with Crippen molar-refractivity contribution in [2.24, 2.45) is 5.92 Å². The fraction of sp³-hybridized carbons (Fsp3) is 0.304. The van der Waals surface area contributed by atoms with Gasteiger partial charge in [0.15, 0.2) is 0 Å². The second-order valence-electron chi connectivity index (χ2n) is 7.15. The zero-order valence-corrected chi connectivity index (χ0v) is 16.3. The summed E-state index contributed by atoms with van der Waals surface area (Å²) in [6.45, 7) is 11.3. The molecule has 3 rings (SSSR count). The van der Waals surface area contributed by atoms with Gasteiger partial charge in [0.25, 0.3) is 0 Å². The maximum Gasteiger partial charge on any atom is 0.00237 e. The van der Waals surface area contributed by atoms with Crippen LogP contribution in [0.25, 0.3) is 0 Å². The van der Waals surface area contributed by atoms with E-state index in [0.29, 0.717) is 11.6 Å². The van der Waals surface area contributed by atoms with Gasteiger partial charge in [0.2, 0.25) is 0 Å². The smallest absolute Gasteiger partial charge is 0.00237 e. The molecule has 1 heteroatoms. The van der Waals surface area contributed by atoms with E-state index in [1.807, 2.05) is 0 Å². The minimum absolute atomic E-state index is 0.390. The molecule has 0 amide bonds. The third-order valence-electron chi connectivity index (χ3n) is 4.71. The van der Waals surface area contributed by atoms with Crippen LogP contribution in [0, 0.1) is 33.6 Å². The molecule has 0 nitrogen and oxygen atoms in total. The molecule has 0 aromatic heterocycles. The van der Waals surface area contributed by atoms with Crippen molar-refractivity contribution in [3.8, 4) is 0 Å². The van der Waals surface area contributed by atoms with Gasteiger partial charge >= 0.3 is 0 Å². The molecular weight excluding hydrogens is 307 g/mol. The fourth-order valence-electron chi connectivity index (χ4n) is 3.74. The van der Waals surface area contributed by atoms with E-state index in [2.05, 4.69) is 95.3 Å². The lowest BCUT2D eigenvalue weighted by atomic mass is 10.1. The average Bonchev–Trinajstić information content (AvgIpc) is 2.99. The Morgan fingerprint density at radius 1 is 0.667 bits per heavy atom. The zero-order valence-electron chi connectivity index (χ0n) is 15.4. The highest BCUT2D eigenvalue weighted by Crippen LogP contribution is 2.45. The van der Waals surface area contributed by atoms with E-state index in [1.165, 1.54) is 32.9 Å². The molecule has 0 heterocycles. The van der Waals surface area contributed by atoms with Crippen LogP contribution in [0.1, 0.15) is 29.2 Å². The Morgan fingerprint density at radius 2 is 1.04 bits per heavy atom. The molecule has 1 aliphatic rings. The van der Waals surface area contributed by atoms with E-state index in [0.717, 1.165) is 0 Å². The van der Waals surface area contributed by atoms with Crippen molar-refractivity contribution in [1.82, 2.24) is 0 Å². The van der Waals surface area contributed by atoms with E-state index >= 15 is 0 Å². The van der Waals surface area contributed by atoms with Crippen molar-refractivity contribution in [3.05, 3.63) is 83.0 Å². The maximum atomic E-state index is 2.42. The Bertz CT molecular complexity index is 694. The highest BCUT2D eigenvalue weighted by atomic mass is 31.1. The lowest BCUT2D eigenvalue weighted by Crippen LogP contribution is -2.24. The summed E-state index contributed by atoms with van der Waals surface area (Å²) in [7, 11) is -0.390. The summed E-state index contributed by atoms with van der Waals surface area (Å²) in [6.07, 6.45) is 9.09. The van der Waals surface area contributed by atoms with Crippen LogP contribution in [0.15, 0.2) is 60.7 Å². The van der Waals surface area contributed by atoms with E-state index in [-0.39, 0.29) is 0 Å². The molecule has 0 aliphatic heterocycles. The number of aryl methyl sites for hydroxylation is 4. The number of hydrogen-bond donors (Lipinski definition) is 0. The van der Waals surface area contributed by atoms with Gasteiger partial charge in [0, 0.05) is 5.92 Å². The first-order valence-corrected chi connectivity index (χ1v) is 10.2. The zero-order chi connectivity index (χ0) is 17.3. The van der Waals surface area contributed by atoms with E-state index in [4.69, 9.17) is 0 Å². The Hall–Kier alpha value is -1.65. The fourth-order valence-corrected chi connectivity index (χ4v) is 6.89. The third-order valence-corrected chi connectivity index (χ3v) is 7.50. The largest absolute Gasteiger partial charge is 0.0770 e. The molecule has 0 radical (unpaired) electrons. The second-order valence-corrected chi connectivity index (χ2v) is 9.74. The van der Waals surface area contributed by atoms with Crippen molar-refractivity contribution >= 4 is 18.5 Å². The Balaban J connectivity index is 2.12. The van der Waals surface area contributed by atoms with Gasteiger partial charge in [-0.2, -0.15) is 0 Å². The molecule has 0 bridgehead atoms. The maximum absolute atomic E-state index is 2.42. The van der Waals surface area contributed by atoms with Gasteiger partial charge in [-0.05, 0) is 51.9 Å². The molecule has 1 atom stereocenters. The summed E-state index contributed by atoms with van der Waals surface area (Å²) in [5, 5.41) is 3.02. The molecule has 24 heavy (non-hydrogen) atoms. The first kappa shape index (κ1) is 17.2. The number of allylic oxidation sites excluding steroid dienone is 4. The van der Waals surface area contributed by atoms with Crippen LogP contribution in [0.2, 0.25) is 0 Å². The summed E-state index contributed by atoms with van der Waals surface area (Å²) in [6, 6.07) is 14.1. The summed E-state index contributed by atoms with van der Waals surface area (Å²) < 4.78 is 0. The van der Waals surface area contributed by atoms with Gasteiger partial charge in [0.1, 0.15) is 0 Å². The monoisotopic (exact) mass is 334 g/mol. The molecule has 0 saturated carbocycles. The predicted molar refractivity (Wildman–Crippen MR) is 109 cm³/mol. The van der Waals surface area contributed by atoms with E-state index in [9.17, 15) is 0 Å². The Labute approximate surface area is 148 Å². The molecule has 2 aromatic carbocycles. The van der Waals surface area contributed by atoms with E-state index in [1.54, 1.807) is 0 Å². The van der Waals surface area contributed by atoms with Crippen molar-refractivity contribution < 1.29 is 0 Å². The van der Waals surface area contributed by atoms with Crippen LogP contribution >= 0.6 is 7.92 Å². The molecule has 1 unspecified atom stereocenters. The standard InChI is InChI=1S/C23H27P/c1-16-10-17(2)13-22(12-16)24(20(5)21-8-6-7-9-21)23-14-18(3)11-19(4)15-23/h6-15,20-21H,1-5H3. The van der Waals surface area contributed by atoms with Crippen LogP contribution in [0.4, 0.5) is 0 Å². The molecule has 0 saturated heterocycles. The third kappa shape index (κ3) is 3.70. The van der Waals surface area contributed by atoms with Gasteiger partial charge in [-0.15, -0.1) is 0 Å². The van der Waals surface area contributed by atoms with Gasteiger partial charge in [0.05, 0.1) is 0 Å². The Kier molecular flexibility index (Phi) is 5.07. The highest BCUT2D eigenvalue weighted by molar-refractivity contribution is 7.73. The predicted octanol–water partition coefficient (Wildman–Crippen LogP) is 5.48. The molecule has 2 aromatic rings. The van der Waals surface area contributed by atoms with Crippen LogP contribution in [0.3, 0.4) is 0 Å². The quantitative estimate of drug-likeness (QED) is 0.649. The first-order chi connectivity index (χ1) is 11.4. The molecule has 124 valence electrons.